The van der Waals surface area contributed by atoms with Gasteiger partial charge in [-0.2, -0.15) is 37.9 Å². The molecule has 1 heterocycles. The molecule has 0 aromatic carbocycles. The van der Waals surface area contributed by atoms with Crippen molar-refractivity contribution in [2.24, 2.45) is 11.5 Å². The van der Waals surface area contributed by atoms with Crippen LogP contribution in [0.25, 0.3) is 0 Å². The van der Waals surface area contributed by atoms with E-state index in [1.165, 1.54) is 18.6 Å². The number of hydrogen-bond donors (Lipinski definition) is 8. The molecule has 0 radical (unpaired) electrons. The predicted octanol–water partition coefficient (Wildman–Crippen LogP) is 3.90. The maximum atomic E-state index is 11.5. The van der Waals surface area contributed by atoms with Gasteiger partial charge in [-0.05, 0) is 56.5 Å². The number of ether oxygens (including phenoxy) is 3. The number of carbonyl (C=O) groups is 3. The van der Waals surface area contributed by atoms with Crippen LogP contribution in [0.1, 0.15) is 84.0 Å². The molecule has 1 fully saturated rings. The van der Waals surface area contributed by atoms with Gasteiger partial charge in [0.15, 0.2) is 0 Å². The fraction of sp³-hybridized carbons (Fsp3) is 0.906. The summed E-state index contributed by atoms with van der Waals surface area (Å²) in [7, 11) is 3.99. The number of hydrogen-bond acceptors (Lipinski definition) is 13. The first-order valence-electron chi connectivity index (χ1n) is 17.5. The van der Waals surface area contributed by atoms with E-state index in [0.29, 0.717) is 96.0 Å². The maximum absolute atomic E-state index is 11.5. The van der Waals surface area contributed by atoms with Crippen molar-refractivity contribution in [2.45, 2.75) is 94.5 Å². The maximum Gasteiger partial charge on any atom is 0.220 e. The summed E-state index contributed by atoms with van der Waals surface area (Å²) in [4.78, 5) is 33.8. The average molecular weight is 778 g/mol. The van der Waals surface area contributed by atoms with Crippen LogP contribution in [0.5, 0.6) is 0 Å². The minimum Gasteiger partial charge on any atom is -0.380 e. The Morgan fingerprint density at radius 1 is 0.729 bits per heavy atom. The number of amides is 3. The van der Waals surface area contributed by atoms with Crippen LogP contribution >= 0.6 is 59.5 Å². The van der Waals surface area contributed by atoms with Gasteiger partial charge in [0.25, 0.3) is 0 Å². The molecular weight excluding hydrogens is 711 g/mol. The number of nitrogens with one attached hydrogen (secondary N) is 3. The van der Waals surface area contributed by atoms with Crippen molar-refractivity contribution in [3.63, 3.8) is 0 Å². The molecule has 11 nitrogen and oxygen atoms in total. The van der Waals surface area contributed by atoms with E-state index < -0.39 is 0 Å². The summed E-state index contributed by atoms with van der Waals surface area (Å²) in [5.74, 6) is 3.04. The molecule has 286 valence electrons. The second-order valence-corrected chi connectivity index (χ2v) is 15.3. The number of rotatable bonds is 29. The molecule has 1 aliphatic rings. The van der Waals surface area contributed by atoms with Gasteiger partial charge in [-0.25, -0.2) is 0 Å². The van der Waals surface area contributed by atoms with E-state index in [2.05, 4.69) is 60.8 Å². The molecule has 3 amide bonds. The van der Waals surface area contributed by atoms with Gasteiger partial charge in [0.1, 0.15) is 0 Å². The van der Waals surface area contributed by atoms with Crippen molar-refractivity contribution in [2.75, 3.05) is 89.6 Å². The first-order chi connectivity index (χ1) is 23.3. The quantitative estimate of drug-likeness (QED) is 0.0317. The first kappa shape index (κ1) is 50.1. The summed E-state index contributed by atoms with van der Waals surface area (Å²) >= 11 is 12.6. The third-order valence-corrected chi connectivity index (χ3v) is 10.5. The molecule has 7 N–H and O–H groups in total. The highest BCUT2D eigenvalue weighted by Gasteiger charge is 2.15. The lowest BCUT2D eigenvalue weighted by atomic mass is 10.1. The Kier molecular flexibility index (Phi) is 43.2. The van der Waals surface area contributed by atoms with E-state index in [1.807, 2.05) is 21.6 Å². The second kappa shape index (κ2) is 41.4. The topological polar surface area (TPSA) is 167 Å². The standard InChI is InChI=1S/C12H24N2O2S2.C12H26N2O2S2.C8H17NO2S/c13-6-8-16-9-7-14-12(15)4-2-1-3-11-5-10-17-18-11;13-6-8-16-9-7-14-12(15)4-2-1-3-11(18)5-10-17;1-2-5-11-6-4-9-8(10)3-7-12/h11H,1-10,13H2,(H,14,15);11,17-18H,1-10,13H2,(H,14,15);12H,2-7H2,1H3,(H,9,10). The number of unbranched alkanes of at least 4 members (excludes halogenated alkanes) is 2. The van der Waals surface area contributed by atoms with Gasteiger partial charge in [0.2, 0.25) is 17.7 Å². The van der Waals surface area contributed by atoms with Gasteiger partial charge in [-0.15, -0.1) is 0 Å². The average Bonchev–Trinajstić information content (AvgIpc) is 3.59. The Morgan fingerprint density at radius 2 is 1.25 bits per heavy atom. The van der Waals surface area contributed by atoms with Crippen LogP contribution in [0, 0.1) is 0 Å². The third-order valence-electron chi connectivity index (χ3n) is 6.48. The highest BCUT2D eigenvalue weighted by atomic mass is 33.1. The molecular formula is C32H67N5O6S5. The van der Waals surface area contributed by atoms with Crippen LogP contribution in [-0.2, 0) is 28.6 Å². The highest BCUT2D eigenvalue weighted by molar-refractivity contribution is 8.77. The Bertz CT molecular complexity index is 731. The molecule has 0 bridgehead atoms. The molecule has 1 aliphatic heterocycles. The van der Waals surface area contributed by atoms with Gasteiger partial charge in [-0.1, -0.05) is 41.4 Å². The molecule has 1 saturated heterocycles. The molecule has 0 aromatic heterocycles. The lowest BCUT2D eigenvalue weighted by molar-refractivity contribution is -0.122. The smallest absolute Gasteiger partial charge is 0.220 e. The summed E-state index contributed by atoms with van der Waals surface area (Å²) in [6.07, 6.45) is 11.5. The van der Waals surface area contributed by atoms with Crippen molar-refractivity contribution >= 4 is 77.2 Å². The number of thiol groups is 3. The lowest BCUT2D eigenvalue weighted by Gasteiger charge is -2.08. The van der Waals surface area contributed by atoms with Crippen molar-refractivity contribution in [1.82, 2.24) is 16.0 Å². The minimum absolute atomic E-state index is 0.0464. The van der Waals surface area contributed by atoms with E-state index in [1.54, 1.807) is 0 Å². The van der Waals surface area contributed by atoms with Crippen molar-refractivity contribution in [3.8, 4) is 0 Å². The molecule has 0 aliphatic carbocycles. The Balaban J connectivity index is 0. The van der Waals surface area contributed by atoms with Crippen LogP contribution in [0.4, 0.5) is 0 Å². The van der Waals surface area contributed by atoms with E-state index in [9.17, 15) is 14.4 Å². The first-order valence-corrected chi connectivity index (χ1v) is 21.6. The molecule has 0 aromatic rings. The molecule has 1 rings (SSSR count). The number of nitrogens with two attached hydrogens (primary N) is 2. The van der Waals surface area contributed by atoms with Gasteiger partial charge in [-0.3, -0.25) is 14.4 Å². The highest BCUT2D eigenvalue weighted by Crippen LogP contribution is 2.39. The largest absolute Gasteiger partial charge is 0.380 e. The SMILES string of the molecule is CCCOCCNC(=O)CCS.NCCOCCNC(=O)CCCCC(S)CCS.NCCOCCNC(=O)CCCCC1CCSS1. The molecule has 2 atom stereocenters. The molecule has 0 saturated carbocycles. The summed E-state index contributed by atoms with van der Waals surface area (Å²) in [6, 6.07) is 0. The van der Waals surface area contributed by atoms with E-state index in [4.69, 9.17) is 25.7 Å². The van der Waals surface area contributed by atoms with E-state index >= 15 is 0 Å². The summed E-state index contributed by atoms with van der Waals surface area (Å²) in [5, 5.41) is 9.64. The van der Waals surface area contributed by atoms with Crippen molar-refractivity contribution in [3.05, 3.63) is 0 Å². The third kappa shape index (κ3) is 40.4. The van der Waals surface area contributed by atoms with Crippen LogP contribution in [0.3, 0.4) is 0 Å². The van der Waals surface area contributed by atoms with Gasteiger partial charge in [0, 0.05) is 74.8 Å². The zero-order valence-corrected chi connectivity index (χ0v) is 33.6. The van der Waals surface area contributed by atoms with Crippen LogP contribution in [0.2, 0.25) is 0 Å². The Hall–Kier alpha value is -0.0400. The molecule has 48 heavy (non-hydrogen) atoms. The lowest BCUT2D eigenvalue weighted by Crippen LogP contribution is -2.27. The Morgan fingerprint density at radius 3 is 1.71 bits per heavy atom. The van der Waals surface area contributed by atoms with E-state index in [0.717, 1.165) is 62.6 Å². The monoisotopic (exact) mass is 777 g/mol. The predicted molar refractivity (Wildman–Crippen MR) is 215 cm³/mol. The fourth-order valence-corrected chi connectivity index (χ4v) is 8.01. The van der Waals surface area contributed by atoms with Gasteiger partial charge in [0.05, 0.1) is 33.0 Å². The fourth-order valence-electron chi connectivity index (χ4n) is 3.95. The molecule has 0 spiro atoms. The number of carbonyl (C=O) groups excluding carboxylic acids is 3. The molecule has 2 unspecified atom stereocenters. The van der Waals surface area contributed by atoms with Crippen LogP contribution in [-0.4, -0.2) is 118 Å². The summed E-state index contributed by atoms with van der Waals surface area (Å²) in [6.45, 7) is 8.43. The summed E-state index contributed by atoms with van der Waals surface area (Å²) in [5.41, 5.74) is 10.6. The second-order valence-electron chi connectivity index (χ2n) is 10.9. The van der Waals surface area contributed by atoms with Crippen molar-refractivity contribution in [1.29, 1.82) is 0 Å². The van der Waals surface area contributed by atoms with E-state index in [-0.39, 0.29) is 17.7 Å². The van der Waals surface area contributed by atoms with Crippen molar-refractivity contribution < 1.29 is 28.6 Å². The minimum atomic E-state index is 0.0464. The zero-order valence-electron chi connectivity index (χ0n) is 29.3. The van der Waals surface area contributed by atoms with Gasteiger partial charge < -0.3 is 41.6 Å². The summed E-state index contributed by atoms with van der Waals surface area (Å²) < 4.78 is 15.5. The zero-order chi connectivity index (χ0) is 35.9. The normalized spacial score (nSPS) is 14.2. The van der Waals surface area contributed by atoms with Gasteiger partial charge >= 0.3 is 0 Å². The molecule has 16 heteroatoms. The van der Waals surface area contributed by atoms with Crippen LogP contribution in [0.15, 0.2) is 0 Å². The Labute approximate surface area is 315 Å². The van der Waals surface area contributed by atoms with Crippen LogP contribution < -0.4 is 27.4 Å².